The molecule has 0 saturated carbocycles. The summed E-state index contributed by atoms with van der Waals surface area (Å²) in [5, 5.41) is 0. The normalized spacial score (nSPS) is 21.1. The van der Waals surface area contributed by atoms with Gasteiger partial charge in [0.15, 0.2) is 12.0 Å². The lowest BCUT2D eigenvalue weighted by Gasteiger charge is -2.21. The molecule has 0 atom stereocenters. The van der Waals surface area contributed by atoms with Crippen LogP contribution in [-0.2, 0) is 6.54 Å². The standard InChI is InChI=1S/C13H19NO2S/c1-13(2)5-6-14(7-8-17-13)9-11-3-4-12(10-15)16-11/h3-4,10H,5-9H2,1-2H3. The molecule has 0 radical (unpaired) electrons. The van der Waals surface area contributed by atoms with E-state index in [9.17, 15) is 4.79 Å². The van der Waals surface area contributed by atoms with E-state index in [4.69, 9.17) is 4.42 Å². The van der Waals surface area contributed by atoms with Gasteiger partial charge >= 0.3 is 0 Å². The van der Waals surface area contributed by atoms with E-state index in [0.29, 0.717) is 10.5 Å². The first-order chi connectivity index (χ1) is 8.09. The summed E-state index contributed by atoms with van der Waals surface area (Å²) in [6.45, 7) is 7.60. The van der Waals surface area contributed by atoms with E-state index in [-0.39, 0.29) is 0 Å². The fraction of sp³-hybridized carbons (Fsp3) is 0.615. The topological polar surface area (TPSA) is 33.5 Å². The Bertz CT molecular complexity index is 387. The highest BCUT2D eigenvalue weighted by Gasteiger charge is 2.23. The highest BCUT2D eigenvalue weighted by Crippen LogP contribution is 2.31. The minimum Gasteiger partial charge on any atom is -0.457 e. The molecule has 2 rings (SSSR count). The summed E-state index contributed by atoms with van der Waals surface area (Å²) in [4.78, 5) is 12.9. The molecule has 3 nitrogen and oxygen atoms in total. The first-order valence-electron chi connectivity index (χ1n) is 5.99. The minimum atomic E-state index is 0.381. The van der Waals surface area contributed by atoms with Gasteiger partial charge in [0.25, 0.3) is 0 Å². The van der Waals surface area contributed by atoms with E-state index >= 15 is 0 Å². The van der Waals surface area contributed by atoms with Crippen molar-refractivity contribution < 1.29 is 9.21 Å². The average molecular weight is 253 g/mol. The Morgan fingerprint density at radius 3 is 3.00 bits per heavy atom. The molecular weight excluding hydrogens is 234 g/mol. The molecule has 1 fully saturated rings. The quantitative estimate of drug-likeness (QED) is 0.776. The maximum atomic E-state index is 10.5. The Morgan fingerprint density at radius 2 is 2.29 bits per heavy atom. The van der Waals surface area contributed by atoms with Crippen LogP contribution in [0.1, 0.15) is 36.6 Å². The number of hydrogen-bond donors (Lipinski definition) is 0. The van der Waals surface area contributed by atoms with Crippen LogP contribution in [0.15, 0.2) is 16.5 Å². The van der Waals surface area contributed by atoms with Gasteiger partial charge in [0, 0.05) is 17.0 Å². The van der Waals surface area contributed by atoms with Crippen LogP contribution in [0.5, 0.6) is 0 Å². The summed E-state index contributed by atoms with van der Waals surface area (Å²) in [5.74, 6) is 2.47. The highest BCUT2D eigenvalue weighted by atomic mass is 32.2. The van der Waals surface area contributed by atoms with Crippen LogP contribution in [0, 0.1) is 0 Å². The second kappa shape index (κ2) is 5.27. The summed E-state index contributed by atoms with van der Waals surface area (Å²) in [5.41, 5.74) is 0. The monoisotopic (exact) mass is 253 g/mol. The SMILES string of the molecule is CC1(C)CCN(Cc2ccc(C=O)o2)CCS1. The summed E-state index contributed by atoms with van der Waals surface area (Å²) < 4.78 is 5.79. The number of carbonyl (C=O) groups excluding carboxylic acids is 1. The van der Waals surface area contributed by atoms with E-state index in [1.165, 1.54) is 6.42 Å². The lowest BCUT2D eigenvalue weighted by Crippen LogP contribution is -2.26. The van der Waals surface area contributed by atoms with Crippen molar-refractivity contribution in [1.82, 2.24) is 4.90 Å². The fourth-order valence-corrected chi connectivity index (χ4v) is 3.12. The molecule has 1 aromatic heterocycles. The molecule has 0 aliphatic carbocycles. The number of nitrogens with zero attached hydrogens (tertiary/aromatic N) is 1. The molecule has 1 aliphatic rings. The number of rotatable bonds is 3. The van der Waals surface area contributed by atoms with E-state index in [0.717, 1.165) is 37.4 Å². The van der Waals surface area contributed by atoms with Crippen LogP contribution in [0.2, 0.25) is 0 Å². The molecule has 4 heteroatoms. The number of hydrogen-bond acceptors (Lipinski definition) is 4. The van der Waals surface area contributed by atoms with Gasteiger partial charge in [0.2, 0.25) is 0 Å². The van der Waals surface area contributed by atoms with Gasteiger partial charge in [0.1, 0.15) is 5.76 Å². The van der Waals surface area contributed by atoms with Crippen LogP contribution >= 0.6 is 11.8 Å². The van der Waals surface area contributed by atoms with Gasteiger partial charge in [-0.3, -0.25) is 9.69 Å². The van der Waals surface area contributed by atoms with E-state index < -0.39 is 0 Å². The van der Waals surface area contributed by atoms with Gasteiger partial charge in [-0.15, -0.1) is 0 Å². The van der Waals surface area contributed by atoms with Gasteiger partial charge < -0.3 is 4.42 Å². The molecule has 0 N–H and O–H groups in total. The van der Waals surface area contributed by atoms with E-state index in [2.05, 4.69) is 18.7 Å². The maximum Gasteiger partial charge on any atom is 0.185 e. The third-order valence-corrected chi connectivity index (χ3v) is 4.48. The summed E-state index contributed by atoms with van der Waals surface area (Å²) in [6, 6.07) is 3.63. The van der Waals surface area contributed by atoms with Crippen LogP contribution in [0.4, 0.5) is 0 Å². The first-order valence-corrected chi connectivity index (χ1v) is 6.98. The smallest absolute Gasteiger partial charge is 0.185 e. The lowest BCUT2D eigenvalue weighted by molar-refractivity contribution is 0.109. The van der Waals surface area contributed by atoms with Crippen molar-refractivity contribution in [1.29, 1.82) is 0 Å². The highest BCUT2D eigenvalue weighted by molar-refractivity contribution is 8.00. The molecule has 1 aliphatic heterocycles. The van der Waals surface area contributed by atoms with Gasteiger partial charge in [-0.05, 0) is 25.1 Å². The third-order valence-electron chi connectivity index (χ3n) is 3.11. The molecule has 1 aromatic rings. The first kappa shape index (κ1) is 12.7. The zero-order valence-corrected chi connectivity index (χ0v) is 11.3. The Labute approximate surface area is 107 Å². The van der Waals surface area contributed by atoms with Gasteiger partial charge in [-0.25, -0.2) is 0 Å². The predicted octanol–water partition coefficient (Wildman–Crippen LogP) is 2.81. The van der Waals surface area contributed by atoms with Gasteiger partial charge in [-0.1, -0.05) is 13.8 Å². The molecule has 1 saturated heterocycles. The van der Waals surface area contributed by atoms with E-state index in [1.807, 2.05) is 17.8 Å². The Kier molecular flexibility index (Phi) is 3.94. The number of furan rings is 1. The van der Waals surface area contributed by atoms with Gasteiger partial charge in [0.05, 0.1) is 6.54 Å². The molecule has 2 heterocycles. The predicted molar refractivity (Wildman–Crippen MR) is 70.5 cm³/mol. The summed E-state index contributed by atoms with van der Waals surface area (Å²) in [6.07, 6.45) is 1.95. The van der Waals surface area contributed by atoms with Crippen molar-refractivity contribution in [2.24, 2.45) is 0 Å². The molecule has 94 valence electrons. The molecule has 0 unspecified atom stereocenters. The van der Waals surface area contributed by atoms with Crippen LogP contribution < -0.4 is 0 Å². The molecule has 0 spiro atoms. The maximum absolute atomic E-state index is 10.5. The molecular formula is C13H19NO2S. The van der Waals surface area contributed by atoms with Crippen molar-refractivity contribution >= 4 is 18.0 Å². The zero-order chi connectivity index (χ0) is 12.3. The Hall–Kier alpha value is -0.740. The zero-order valence-electron chi connectivity index (χ0n) is 10.4. The van der Waals surface area contributed by atoms with Crippen LogP contribution in [0.3, 0.4) is 0 Å². The van der Waals surface area contributed by atoms with Crippen molar-refractivity contribution in [3.8, 4) is 0 Å². The number of thioether (sulfide) groups is 1. The molecule has 17 heavy (non-hydrogen) atoms. The number of aldehydes is 1. The summed E-state index contributed by atoms with van der Waals surface area (Å²) in [7, 11) is 0. The van der Waals surface area contributed by atoms with Crippen LogP contribution in [0.25, 0.3) is 0 Å². The van der Waals surface area contributed by atoms with Crippen molar-refractivity contribution in [3.05, 3.63) is 23.7 Å². The third kappa shape index (κ3) is 3.61. The minimum absolute atomic E-state index is 0.381. The summed E-state index contributed by atoms with van der Waals surface area (Å²) >= 11 is 2.04. The molecule has 0 bridgehead atoms. The van der Waals surface area contributed by atoms with Crippen LogP contribution in [-0.4, -0.2) is 34.8 Å². The van der Waals surface area contributed by atoms with Gasteiger partial charge in [-0.2, -0.15) is 11.8 Å². The molecule has 0 aromatic carbocycles. The largest absolute Gasteiger partial charge is 0.457 e. The Morgan fingerprint density at radius 1 is 1.47 bits per heavy atom. The number of carbonyl (C=O) groups is 1. The average Bonchev–Trinajstić information content (AvgIpc) is 2.66. The molecule has 0 amide bonds. The van der Waals surface area contributed by atoms with Crippen molar-refractivity contribution in [2.75, 3.05) is 18.8 Å². The fourth-order valence-electron chi connectivity index (χ4n) is 1.98. The second-order valence-electron chi connectivity index (χ2n) is 5.06. The van der Waals surface area contributed by atoms with Crippen molar-refractivity contribution in [3.63, 3.8) is 0 Å². The Balaban J connectivity index is 1.92. The van der Waals surface area contributed by atoms with E-state index in [1.54, 1.807) is 6.07 Å². The van der Waals surface area contributed by atoms with Crippen molar-refractivity contribution in [2.45, 2.75) is 31.6 Å². The lowest BCUT2D eigenvalue weighted by atomic mass is 10.1. The second-order valence-corrected chi connectivity index (χ2v) is 6.86.